The van der Waals surface area contributed by atoms with Crippen LogP contribution in [0.15, 0.2) is 11.0 Å². The van der Waals surface area contributed by atoms with Crippen molar-refractivity contribution in [2.24, 2.45) is 0 Å². The molecule has 0 spiro atoms. The van der Waals surface area contributed by atoms with Gasteiger partial charge in [-0.05, 0) is 0 Å². The fourth-order valence-corrected chi connectivity index (χ4v) is 2.97. The normalized spacial score (nSPS) is 27.2. The summed E-state index contributed by atoms with van der Waals surface area (Å²) in [5.74, 6) is 0.0465. The molecule has 0 bridgehead atoms. The lowest BCUT2D eigenvalue weighted by molar-refractivity contribution is -0.0495. The third-order valence-corrected chi connectivity index (χ3v) is 3.88. The highest BCUT2D eigenvalue weighted by atomic mass is 32.1. The van der Waals surface area contributed by atoms with E-state index in [0.717, 1.165) is 11.3 Å². The van der Waals surface area contributed by atoms with Crippen molar-refractivity contribution < 1.29 is 14.9 Å². The highest BCUT2D eigenvalue weighted by Crippen LogP contribution is 2.30. The van der Waals surface area contributed by atoms with Crippen molar-refractivity contribution >= 4 is 27.6 Å². The second kappa shape index (κ2) is 4.53. The molecule has 102 valence electrons. The number of aliphatic hydroxyl groups is 2. The number of rotatable bonds is 2. The van der Waals surface area contributed by atoms with Crippen molar-refractivity contribution in [3.8, 4) is 0 Å². The molecule has 9 heteroatoms. The van der Waals surface area contributed by atoms with E-state index in [1.807, 2.05) is 0 Å². The fraction of sp³-hybridized carbons (Fsp3) is 0.500. The Bertz CT molecular complexity index is 669. The number of nitrogens with two attached hydrogens (primary N) is 1. The van der Waals surface area contributed by atoms with Gasteiger partial charge < -0.3 is 20.7 Å². The highest BCUT2D eigenvalue weighted by Gasteiger charge is 2.37. The van der Waals surface area contributed by atoms with Crippen molar-refractivity contribution in [1.82, 2.24) is 14.5 Å². The van der Waals surface area contributed by atoms with Crippen LogP contribution >= 0.6 is 11.3 Å². The zero-order valence-electron chi connectivity index (χ0n) is 9.76. The van der Waals surface area contributed by atoms with Crippen LogP contribution in [0, 0.1) is 0 Å². The standard InChI is InChI=1S/C10H12N4O4S/c11-9-12-2-6-7(13-9)14(10(17)19-6)8-5(16)1-4(3-15)18-8/h2,4-5,8,15-16H,1,3H2,(H2,11,12,13). The van der Waals surface area contributed by atoms with Gasteiger partial charge in [0.1, 0.15) is 6.10 Å². The van der Waals surface area contributed by atoms with E-state index in [4.69, 9.17) is 15.6 Å². The van der Waals surface area contributed by atoms with Gasteiger partial charge in [0.05, 0.1) is 23.6 Å². The zero-order chi connectivity index (χ0) is 13.6. The monoisotopic (exact) mass is 284 g/mol. The number of anilines is 1. The van der Waals surface area contributed by atoms with Gasteiger partial charge in [0, 0.05) is 6.42 Å². The first kappa shape index (κ1) is 12.5. The smallest absolute Gasteiger partial charge is 0.311 e. The average Bonchev–Trinajstić information content (AvgIpc) is 2.88. The number of aliphatic hydroxyl groups excluding tert-OH is 2. The molecule has 1 fully saturated rings. The second-order valence-corrected chi connectivity index (χ2v) is 5.28. The van der Waals surface area contributed by atoms with Gasteiger partial charge in [-0.2, -0.15) is 4.98 Å². The first-order valence-electron chi connectivity index (χ1n) is 5.68. The predicted octanol–water partition coefficient (Wildman–Crippen LogP) is -0.924. The minimum absolute atomic E-state index is 0.0465. The number of aromatic nitrogens is 3. The van der Waals surface area contributed by atoms with Gasteiger partial charge in [0.25, 0.3) is 0 Å². The highest BCUT2D eigenvalue weighted by molar-refractivity contribution is 7.16. The summed E-state index contributed by atoms with van der Waals surface area (Å²) < 4.78 is 7.30. The summed E-state index contributed by atoms with van der Waals surface area (Å²) in [4.78, 5) is 19.5. The van der Waals surface area contributed by atoms with Gasteiger partial charge in [-0.25, -0.2) is 4.98 Å². The molecule has 0 aromatic carbocycles. The number of nitrogen functional groups attached to an aromatic ring is 1. The minimum atomic E-state index is -0.871. The van der Waals surface area contributed by atoms with E-state index >= 15 is 0 Å². The maximum atomic E-state index is 12.0. The Balaban J connectivity index is 2.12. The van der Waals surface area contributed by atoms with Crippen molar-refractivity contribution in [3.05, 3.63) is 15.9 Å². The van der Waals surface area contributed by atoms with Gasteiger partial charge in [0.15, 0.2) is 11.9 Å². The predicted molar refractivity (Wildman–Crippen MR) is 67.7 cm³/mol. The lowest BCUT2D eigenvalue weighted by Gasteiger charge is -2.15. The lowest BCUT2D eigenvalue weighted by atomic mass is 10.2. The van der Waals surface area contributed by atoms with Crippen LogP contribution in [0.1, 0.15) is 12.6 Å². The number of hydrogen-bond acceptors (Lipinski definition) is 8. The van der Waals surface area contributed by atoms with Crippen molar-refractivity contribution in [3.63, 3.8) is 0 Å². The number of nitrogens with zero attached hydrogens (tertiary/aromatic N) is 3. The van der Waals surface area contributed by atoms with Crippen molar-refractivity contribution in [1.29, 1.82) is 0 Å². The van der Waals surface area contributed by atoms with Crippen molar-refractivity contribution in [2.75, 3.05) is 12.3 Å². The molecule has 0 amide bonds. The van der Waals surface area contributed by atoms with E-state index in [9.17, 15) is 9.90 Å². The molecule has 0 saturated carbocycles. The maximum Gasteiger partial charge on any atom is 0.311 e. The summed E-state index contributed by atoms with van der Waals surface area (Å²) in [6, 6.07) is 0. The SMILES string of the molecule is Nc1ncc2sc(=O)n(C3OC(CO)CC3O)c2n1. The molecule has 3 rings (SSSR count). The summed E-state index contributed by atoms with van der Waals surface area (Å²) in [5, 5.41) is 19.0. The molecule has 8 nitrogen and oxygen atoms in total. The van der Waals surface area contributed by atoms with Gasteiger partial charge >= 0.3 is 4.87 Å². The molecule has 0 radical (unpaired) electrons. The van der Waals surface area contributed by atoms with Crippen LogP contribution in [0.4, 0.5) is 5.95 Å². The zero-order valence-corrected chi connectivity index (χ0v) is 10.6. The Hall–Kier alpha value is -1.55. The summed E-state index contributed by atoms with van der Waals surface area (Å²) in [6.45, 7) is -0.207. The summed E-state index contributed by atoms with van der Waals surface area (Å²) in [5.41, 5.74) is 5.85. The molecule has 4 N–H and O–H groups in total. The first-order chi connectivity index (χ1) is 9.10. The minimum Gasteiger partial charge on any atom is -0.394 e. The second-order valence-electron chi connectivity index (χ2n) is 4.29. The molecule has 0 aliphatic carbocycles. The van der Waals surface area contributed by atoms with Crippen LogP contribution in [-0.4, -0.2) is 43.6 Å². The van der Waals surface area contributed by atoms with Gasteiger partial charge in [-0.3, -0.25) is 9.36 Å². The molecule has 1 saturated heterocycles. The molecule has 1 aliphatic heterocycles. The Labute approximate surface area is 111 Å². The van der Waals surface area contributed by atoms with Crippen LogP contribution in [0.2, 0.25) is 0 Å². The van der Waals surface area contributed by atoms with E-state index in [1.54, 1.807) is 0 Å². The van der Waals surface area contributed by atoms with E-state index in [0.29, 0.717) is 10.3 Å². The first-order valence-corrected chi connectivity index (χ1v) is 6.49. The Morgan fingerprint density at radius 1 is 1.63 bits per heavy atom. The third-order valence-electron chi connectivity index (χ3n) is 3.00. The van der Waals surface area contributed by atoms with E-state index in [1.165, 1.54) is 10.8 Å². The molecule has 2 aromatic heterocycles. The van der Waals surface area contributed by atoms with Crippen LogP contribution in [0.5, 0.6) is 0 Å². The molecular weight excluding hydrogens is 272 g/mol. The Morgan fingerprint density at radius 2 is 2.42 bits per heavy atom. The topological polar surface area (TPSA) is 123 Å². The van der Waals surface area contributed by atoms with Crippen LogP contribution in [0.25, 0.3) is 10.3 Å². The molecule has 3 unspecified atom stereocenters. The Morgan fingerprint density at radius 3 is 3.11 bits per heavy atom. The van der Waals surface area contributed by atoms with E-state index in [-0.39, 0.29) is 23.8 Å². The quantitative estimate of drug-likeness (QED) is 0.651. The molecule has 3 atom stereocenters. The third kappa shape index (κ3) is 2.00. The number of hydrogen-bond donors (Lipinski definition) is 3. The summed E-state index contributed by atoms with van der Waals surface area (Å²) in [6.07, 6.45) is -0.478. The van der Waals surface area contributed by atoms with Gasteiger partial charge in [-0.15, -0.1) is 0 Å². The van der Waals surface area contributed by atoms with Crippen molar-refractivity contribution in [2.45, 2.75) is 24.9 Å². The molecule has 2 aromatic rings. The number of fused-ring (bicyclic) bond motifs is 1. The summed E-state index contributed by atoms with van der Waals surface area (Å²) >= 11 is 0.958. The van der Waals surface area contributed by atoms with Crippen LogP contribution in [-0.2, 0) is 4.74 Å². The van der Waals surface area contributed by atoms with Crippen LogP contribution < -0.4 is 10.6 Å². The van der Waals surface area contributed by atoms with E-state index < -0.39 is 18.4 Å². The maximum absolute atomic E-state index is 12.0. The average molecular weight is 284 g/mol. The summed E-state index contributed by atoms with van der Waals surface area (Å²) in [7, 11) is 0. The van der Waals surface area contributed by atoms with Gasteiger partial charge in [0.2, 0.25) is 5.95 Å². The number of ether oxygens (including phenoxy) is 1. The molecule has 19 heavy (non-hydrogen) atoms. The number of thiazole rings is 1. The Kier molecular flexibility index (Phi) is 2.97. The largest absolute Gasteiger partial charge is 0.394 e. The molecule has 3 heterocycles. The molecule has 1 aliphatic rings. The van der Waals surface area contributed by atoms with Gasteiger partial charge in [-0.1, -0.05) is 11.3 Å². The molecular formula is C10H12N4O4S. The fourth-order valence-electron chi connectivity index (χ4n) is 2.15. The van der Waals surface area contributed by atoms with E-state index in [2.05, 4.69) is 9.97 Å². The lowest BCUT2D eigenvalue weighted by Crippen LogP contribution is -2.27. The van der Waals surface area contributed by atoms with Crippen LogP contribution in [0.3, 0.4) is 0 Å².